The second-order valence-electron chi connectivity index (χ2n) is 8.18. The van der Waals surface area contributed by atoms with Gasteiger partial charge in [0.25, 0.3) is 11.5 Å². The van der Waals surface area contributed by atoms with Gasteiger partial charge in [0.2, 0.25) is 5.91 Å². The Morgan fingerprint density at radius 1 is 0.938 bits per heavy atom. The fraction of sp³-hybridized carbons (Fsp3) is 0.269. The number of nitrogens with one attached hydrogen (secondary N) is 1. The number of aromatic nitrogens is 1. The molecule has 0 saturated carbocycles. The second-order valence-corrected chi connectivity index (χ2v) is 8.18. The topological polar surface area (TPSA) is 71.4 Å². The molecule has 2 heterocycles. The fourth-order valence-corrected chi connectivity index (χ4v) is 4.21. The molecule has 1 saturated heterocycles. The molecular formula is C26H27N3O3. The van der Waals surface area contributed by atoms with Gasteiger partial charge in [0.05, 0.1) is 5.56 Å². The Kier molecular flexibility index (Phi) is 6.50. The molecule has 0 radical (unpaired) electrons. The largest absolute Gasteiger partial charge is 0.339 e. The van der Waals surface area contributed by atoms with Gasteiger partial charge in [0.1, 0.15) is 5.69 Å². The third kappa shape index (κ3) is 4.80. The van der Waals surface area contributed by atoms with Crippen molar-refractivity contribution in [2.75, 3.05) is 18.4 Å². The molecule has 6 nitrogen and oxygen atoms in total. The zero-order valence-corrected chi connectivity index (χ0v) is 18.2. The minimum absolute atomic E-state index is 0.111. The smallest absolute Gasteiger partial charge is 0.274 e. The van der Waals surface area contributed by atoms with E-state index in [-0.39, 0.29) is 35.4 Å². The fourth-order valence-electron chi connectivity index (χ4n) is 4.21. The SMILES string of the molecule is Cn1cc(C(=O)N2CCCC2)cc(NC(=O)CC(c2ccccc2)c2ccccc2)c1=O. The van der Waals surface area contributed by atoms with Crippen molar-refractivity contribution in [3.63, 3.8) is 0 Å². The Hall–Kier alpha value is -3.67. The van der Waals surface area contributed by atoms with Gasteiger partial charge < -0.3 is 14.8 Å². The number of pyridine rings is 1. The molecule has 32 heavy (non-hydrogen) atoms. The van der Waals surface area contributed by atoms with Crippen LogP contribution < -0.4 is 10.9 Å². The summed E-state index contributed by atoms with van der Waals surface area (Å²) in [5, 5.41) is 2.76. The molecule has 0 bridgehead atoms. The predicted molar refractivity (Wildman–Crippen MR) is 125 cm³/mol. The van der Waals surface area contributed by atoms with Crippen molar-refractivity contribution in [2.24, 2.45) is 7.05 Å². The summed E-state index contributed by atoms with van der Waals surface area (Å²) in [5.74, 6) is -0.527. The summed E-state index contributed by atoms with van der Waals surface area (Å²) in [6.07, 6.45) is 3.69. The van der Waals surface area contributed by atoms with Crippen LogP contribution in [0.3, 0.4) is 0 Å². The average molecular weight is 430 g/mol. The Balaban J connectivity index is 1.57. The number of hydrogen-bond donors (Lipinski definition) is 1. The zero-order chi connectivity index (χ0) is 22.5. The molecule has 6 heteroatoms. The van der Waals surface area contributed by atoms with E-state index < -0.39 is 0 Å². The summed E-state index contributed by atoms with van der Waals surface area (Å²) in [7, 11) is 1.59. The zero-order valence-electron chi connectivity index (χ0n) is 18.2. The first-order valence-electron chi connectivity index (χ1n) is 10.9. The van der Waals surface area contributed by atoms with Gasteiger partial charge in [-0.3, -0.25) is 14.4 Å². The maximum atomic E-state index is 13.0. The number of nitrogens with zero attached hydrogens (tertiary/aromatic N) is 2. The predicted octanol–water partition coefficient (Wildman–Crippen LogP) is 3.78. The molecule has 0 atom stereocenters. The van der Waals surface area contributed by atoms with Crippen molar-refractivity contribution in [1.82, 2.24) is 9.47 Å². The highest BCUT2D eigenvalue weighted by Gasteiger charge is 2.23. The first-order valence-corrected chi connectivity index (χ1v) is 10.9. The van der Waals surface area contributed by atoms with Gasteiger partial charge >= 0.3 is 0 Å². The summed E-state index contributed by atoms with van der Waals surface area (Å²) in [4.78, 5) is 40.2. The number of carbonyl (C=O) groups excluding carboxylic acids is 2. The van der Waals surface area contributed by atoms with E-state index in [4.69, 9.17) is 0 Å². The van der Waals surface area contributed by atoms with E-state index in [1.807, 2.05) is 60.7 Å². The van der Waals surface area contributed by atoms with Crippen LogP contribution in [-0.4, -0.2) is 34.4 Å². The number of anilines is 1. The maximum absolute atomic E-state index is 13.0. The minimum Gasteiger partial charge on any atom is -0.339 e. The third-order valence-electron chi connectivity index (χ3n) is 5.89. The molecule has 1 aliphatic heterocycles. The molecule has 164 valence electrons. The highest BCUT2D eigenvalue weighted by molar-refractivity contribution is 5.97. The van der Waals surface area contributed by atoms with E-state index in [9.17, 15) is 14.4 Å². The summed E-state index contributed by atoms with van der Waals surface area (Å²) in [6, 6.07) is 21.2. The number of amides is 2. The monoisotopic (exact) mass is 429 g/mol. The van der Waals surface area contributed by atoms with Crippen LogP contribution >= 0.6 is 0 Å². The van der Waals surface area contributed by atoms with Crippen molar-refractivity contribution >= 4 is 17.5 Å². The van der Waals surface area contributed by atoms with E-state index in [1.165, 1.54) is 16.8 Å². The lowest BCUT2D eigenvalue weighted by Crippen LogP contribution is -2.31. The van der Waals surface area contributed by atoms with Crippen LogP contribution in [0.4, 0.5) is 5.69 Å². The van der Waals surface area contributed by atoms with Crippen LogP contribution in [0.1, 0.15) is 46.7 Å². The minimum atomic E-state index is -0.340. The van der Waals surface area contributed by atoms with Crippen LogP contribution in [0.15, 0.2) is 77.7 Å². The van der Waals surface area contributed by atoms with Crippen molar-refractivity contribution < 1.29 is 9.59 Å². The van der Waals surface area contributed by atoms with Crippen molar-refractivity contribution in [2.45, 2.75) is 25.2 Å². The Labute approximate surface area is 187 Å². The van der Waals surface area contributed by atoms with Gasteiger partial charge in [0.15, 0.2) is 0 Å². The van der Waals surface area contributed by atoms with E-state index in [2.05, 4.69) is 5.32 Å². The van der Waals surface area contributed by atoms with Gasteiger partial charge in [-0.2, -0.15) is 0 Å². The molecule has 2 aromatic carbocycles. The molecule has 1 N–H and O–H groups in total. The highest BCUT2D eigenvalue weighted by atomic mass is 16.2. The number of hydrogen-bond acceptors (Lipinski definition) is 3. The number of benzene rings is 2. The molecule has 1 fully saturated rings. The molecule has 1 aromatic heterocycles. The molecule has 0 spiro atoms. The summed E-state index contributed by atoms with van der Waals surface area (Å²) in [6.45, 7) is 1.44. The number of likely N-dealkylation sites (tertiary alicyclic amines) is 1. The van der Waals surface area contributed by atoms with E-state index in [0.29, 0.717) is 5.56 Å². The van der Waals surface area contributed by atoms with E-state index in [1.54, 1.807) is 11.9 Å². The molecule has 0 aliphatic carbocycles. The Morgan fingerprint density at radius 2 is 1.50 bits per heavy atom. The van der Waals surface area contributed by atoms with Crippen LogP contribution in [0.25, 0.3) is 0 Å². The number of aryl methyl sites for hydroxylation is 1. The molecular weight excluding hydrogens is 402 g/mol. The normalized spacial score (nSPS) is 13.4. The second kappa shape index (κ2) is 9.64. The molecule has 0 unspecified atom stereocenters. The quantitative estimate of drug-likeness (QED) is 0.648. The maximum Gasteiger partial charge on any atom is 0.274 e. The van der Waals surface area contributed by atoms with Crippen LogP contribution in [0.5, 0.6) is 0 Å². The summed E-state index contributed by atoms with van der Waals surface area (Å²) < 4.78 is 1.35. The lowest BCUT2D eigenvalue weighted by Gasteiger charge is -2.19. The molecule has 4 rings (SSSR count). The van der Waals surface area contributed by atoms with E-state index >= 15 is 0 Å². The van der Waals surface area contributed by atoms with Gasteiger partial charge in [-0.25, -0.2) is 0 Å². The number of rotatable bonds is 6. The standard InChI is InChI=1S/C26H27N3O3/c1-28-18-21(25(31)29-14-8-9-15-29)16-23(26(28)32)27-24(30)17-22(19-10-4-2-5-11-19)20-12-6-3-7-13-20/h2-7,10-13,16,18,22H,8-9,14-15,17H2,1H3,(H,27,30). The average Bonchev–Trinajstić information content (AvgIpc) is 3.36. The molecule has 1 aliphatic rings. The lowest BCUT2D eigenvalue weighted by molar-refractivity contribution is -0.116. The van der Waals surface area contributed by atoms with Crippen molar-refractivity contribution in [3.8, 4) is 0 Å². The van der Waals surface area contributed by atoms with Gasteiger partial charge in [-0.05, 0) is 30.0 Å². The van der Waals surface area contributed by atoms with Crippen molar-refractivity contribution in [1.29, 1.82) is 0 Å². The lowest BCUT2D eigenvalue weighted by atomic mass is 9.88. The highest BCUT2D eigenvalue weighted by Crippen LogP contribution is 2.28. The third-order valence-corrected chi connectivity index (χ3v) is 5.89. The van der Waals surface area contributed by atoms with Crippen LogP contribution in [0, 0.1) is 0 Å². The van der Waals surface area contributed by atoms with Gasteiger partial charge in [0, 0.05) is 38.7 Å². The van der Waals surface area contributed by atoms with Crippen LogP contribution in [0.2, 0.25) is 0 Å². The van der Waals surface area contributed by atoms with Crippen LogP contribution in [-0.2, 0) is 11.8 Å². The van der Waals surface area contributed by atoms with E-state index in [0.717, 1.165) is 37.1 Å². The summed E-state index contributed by atoms with van der Waals surface area (Å²) in [5.41, 5.74) is 2.25. The Morgan fingerprint density at radius 3 is 2.06 bits per heavy atom. The van der Waals surface area contributed by atoms with Gasteiger partial charge in [-0.1, -0.05) is 60.7 Å². The summed E-state index contributed by atoms with van der Waals surface area (Å²) >= 11 is 0. The van der Waals surface area contributed by atoms with Crippen molar-refractivity contribution in [3.05, 3.63) is 100.0 Å². The molecule has 2 amide bonds. The first-order chi connectivity index (χ1) is 15.5. The Bertz CT molecular complexity index is 1110. The van der Waals surface area contributed by atoms with Gasteiger partial charge in [-0.15, -0.1) is 0 Å². The number of carbonyl (C=O) groups is 2. The first kappa shape index (κ1) is 21.6. The molecule has 3 aromatic rings.